The predicted octanol–water partition coefficient (Wildman–Crippen LogP) is 2.25. The van der Waals surface area contributed by atoms with Gasteiger partial charge in [-0.25, -0.2) is 9.59 Å². The van der Waals surface area contributed by atoms with Gasteiger partial charge in [0.25, 0.3) is 0 Å². The molecule has 5 heteroatoms. The third-order valence-electron chi connectivity index (χ3n) is 3.74. The smallest absolute Gasteiger partial charge is 0.411 e. The van der Waals surface area contributed by atoms with Gasteiger partial charge in [-0.1, -0.05) is 0 Å². The second kappa shape index (κ2) is 4.44. The van der Waals surface area contributed by atoms with Crippen LogP contribution >= 0.6 is 0 Å². The molecule has 1 atom stereocenters. The van der Waals surface area contributed by atoms with E-state index < -0.39 is 23.7 Å². The van der Waals surface area contributed by atoms with Gasteiger partial charge in [0.15, 0.2) is 0 Å². The molecule has 2 saturated heterocycles. The number of carbonyl (C=O) groups excluding carboxylic acids is 1. The molecule has 1 amide bonds. The minimum absolute atomic E-state index is 0.0333. The molecular formula is C13H21NO4. The molecule has 18 heavy (non-hydrogen) atoms. The Morgan fingerprint density at radius 2 is 1.72 bits per heavy atom. The highest BCUT2D eigenvalue weighted by Gasteiger charge is 2.48. The summed E-state index contributed by atoms with van der Waals surface area (Å²) in [6.45, 7) is 5.38. The summed E-state index contributed by atoms with van der Waals surface area (Å²) >= 11 is 0. The molecular weight excluding hydrogens is 234 g/mol. The summed E-state index contributed by atoms with van der Waals surface area (Å²) in [7, 11) is 0. The Kier molecular flexibility index (Phi) is 3.25. The second-order valence-electron chi connectivity index (χ2n) is 6.24. The normalized spacial score (nSPS) is 31.3. The molecule has 3 rings (SSSR count). The van der Waals surface area contributed by atoms with E-state index in [-0.39, 0.29) is 12.0 Å². The molecule has 5 nitrogen and oxygen atoms in total. The van der Waals surface area contributed by atoms with Gasteiger partial charge in [-0.05, 0) is 52.4 Å². The molecule has 0 aromatic rings. The average molecular weight is 255 g/mol. The number of hydrogen-bond donors (Lipinski definition) is 1. The van der Waals surface area contributed by atoms with Crippen LogP contribution in [-0.4, -0.2) is 39.8 Å². The van der Waals surface area contributed by atoms with Gasteiger partial charge in [-0.15, -0.1) is 0 Å². The van der Waals surface area contributed by atoms with Crippen LogP contribution in [-0.2, 0) is 9.53 Å². The molecule has 3 fully saturated rings. The number of aliphatic carboxylic acids is 1. The Morgan fingerprint density at radius 3 is 2.17 bits per heavy atom. The number of amides is 1. The number of nitrogens with zero attached hydrogens (tertiary/aromatic N) is 1. The van der Waals surface area contributed by atoms with Crippen LogP contribution in [0.1, 0.15) is 46.5 Å². The first-order valence-electron chi connectivity index (χ1n) is 6.54. The van der Waals surface area contributed by atoms with E-state index in [1.807, 2.05) is 0 Å². The van der Waals surface area contributed by atoms with Crippen LogP contribution in [0.4, 0.5) is 4.79 Å². The van der Waals surface area contributed by atoms with E-state index in [1.54, 1.807) is 20.8 Å². The van der Waals surface area contributed by atoms with Crippen LogP contribution in [0.3, 0.4) is 0 Å². The van der Waals surface area contributed by atoms with Crippen molar-refractivity contribution in [3.05, 3.63) is 0 Å². The van der Waals surface area contributed by atoms with Crippen LogP contribution in [0.5, 0.6) is 0 Å². The Morgan fingerprint density at radius 1 is 1.17 bits per heavy atom. The molecule has 2 bridgehead atoms. The monoisotopic (exact) mass is 255 g/mol. The summed E-state index contributed by atoms with van der Waals surface area (Å²) in [5.74, 6) is -0.824. The maximum atomic E-state index is 12.2. The molecule has 3 aliphatic rings. The highest BCUT2D eigenvalue weighted by molar-refractivity contribution is 5.81. The van der Waals surface area contributed by atoms with Crippen molar-refractivity contribution >= 4 is 12.1 Å². The van der Waals surface area contributed by atoms with Crippen molar-refractivity contribution in [2.45, 2.75) is 64.1 Å². The third kappa shape index (κ3) is 2.44. The standard InChI is InChI=1S/C13H21NO4/c1-13(2,3)18-12(17)14-9-6-4-8(5-7-9)10(14)11(15)16/h8-10H,4-7H2,1-3H3,(H,15,16)/t8?,9?,10-/m1/s1. The summed E-state index contributed by atoms with van der Waals surface area (Å²) in [6, 6.07) is -0.668. The topological polar surface area (TPSA) is 66.8 Å². The molecule has 1 aliphatic carbocycles. The molecule has 102 valence electrons. The quantitative estimate of drug-likeness (QED) is 0.780. The Labute approximate surface area is 107 Å². The van der Waals surface area contributed by atoms with Gasteiger partial charge in [-0.2, -0.15) is 0 Å². The SMILES string of the molecule is CC(C)(C)OC(=O)N1C2CCC(CC2)[C@@H]1C(=O)O. The van der Waals surface area contributed by atoms with Gasteiger partial charge in [0.05, 0.1) is 0 Å². The van der Waals surface area contributed by atoms with Crippen molar-refractivity contribution < 1.29 is 19.4 Å². The maximum Gasteiger partial charge on any atom is 0.411 e. The first-order chi connectivity index (χ1) is 8.29. The number of piperidine rings is 2. The Hall–Kier alpha value is -1.26. The van der Waals surface area contributed by atoms with Gasteiger partial charge in [-0.3, -0.25) is 4.90 Å². The van der Waals surface area contributed by atoms with Gasteiger partial charge in [0.2, 0.25) is 0 Å². The van der Waals surface area contributed by atoms with Crippen LogP contribution in [0.2, 0.25) is 0 Å². The van der Waals surface area contributed by atoms with Crippen LogP contribution < -0.4 is 0 Å². The number of carbonyl (C=O) groups is 2. The first kappa shape index (κ1) is 13.2. The Bertz CT molecular complexity index is 352. The van der Waals surface area contributed by atoms with Gasteiger partial charge < -0.3 is 9.84 Å². The van der Waals surface area contributed by atoms with Crippen molar-refractivity contribution in [1.82, 2.24) is 4.90 Å². The fraction of sp³-hybridized carbons (Fsp3) is 0.846. The number of carboxylic acid groups (broad SMARTS) is 1. The highest BCUT2D eigenvalue weighted by Crippen LogP contribution is 2.40. The molecule has 0 unspecified atom stereocenters. The molecule has 2 heterocycles. The molecule has 0 spiro atoms. The number of ether oxygens (including phenoxy) is 1. The van der Waals surface area contributed by atoms with Crippen molar-refractivity contribution in [2.75, 3.05) is 0 Å². The molecule has 2 aliphatic heterocycles. The first-order valence-corrected chi connectivity index (χ1v) is 6.54. The van der Waals surface area contributed by atoms with E-state index in [4.69, 9.17) is 4.74 Å². The number of carboxylic acids is 1. The summed E-state index contributed by atoms with van der Waals surface area (Å²) in [4.78, 5) is 25.0. The number of hydrogen-bond acceptors (Lipinski definition) is 3. The fourth-order valence-electron chi connectivity index (χ4n) is 3.05. The lowest BCUT2D eigenvalue weighted by Crippen LogP contribution is -2.61. The van der Waals surface area contributed by atoms with Gasteiger partial charge in [0, 0.05) is 6.04 Å². The van der Waals surface area contributed by atoms with Crippen molar-refractivity contribution in [3.8, 4) is 0 Å². The Balaban J connectivity index is 2.18. The summed E-state index contributed by atoms with van der Waals surface area (Å²) in [5.41, 5.74) is -0.586. The zero-order valence-corrected chi connectivity index (χ0v) is 11.2. The third-order valence-corrected chi connectivity index (χ3v) is 3.74. The minimum atomic E-state index is -0.907. The van der Waals surface area contributed by atoms with E-state index in [2.05, 4.69) is 0 Å². The predicted molar refractivity (Wildman–Crippen MR) is 65.2 cm³/mol. The summed E-state index contributed by atoms with van der Waals surface area (Å²) in [6.07, 6.45) is 3.12. The molecule has 0 aromatic heterocycles. The zero-order valence-electron chi connectivity index (χ0n) is 11.2. The molecule has 0 aromatic carbocycles. The number of rotatable bonds is 1. The second-order valence-corrected chi connectivity index (χ2v) is 6.24. The summed E-state index contributed by atoms with van der Waals surface area (Å²) < 4.78 is 5.33. The maximum absolute atomic E-state index is 12.2. The summed E-state index contributed by atoms with van der Waals surface area (Å²) in [5, 5.41) is 9.33. The highest BCUT2D eigenvalue weighted by atomic mass is 16.6. The lowest BCUT2D eigenvalue weighted by Gasteiger charge is -2.49. The van der Waals surface area contributed by atoms with Crippen molar-refractivity contribution in [3.63, 3.8) is 0 Å². The van der Waals surface area contributed by atoms with E-state index in [0.717, 1.165) is 25.7 Å². The molecule has 1 N–H and O–H groups in total. The van der Waals surface area contributed by atoms with Gasteiger partial charge in [0.1, 0.15) is 11.6 Å². The largest absolute Gasteiger partial charge is 0.480 e. The lowest BCUT2D eigenvalue weighted by atomic mass is 9.75. The molecule has 1 saturated carbocycles. The van der Waals surface area contributed by atoms with Crippen LogP contribution in [0.25, 0.3) is 0 Å². The number of fused-ring (bicyclic) bond motifs is 3. The zero-order chi connectivity index (χ0) is 13.5. The minimum Gasteiger partial charge on any atom is -0.480 e. The van der Waals surface area contributed by atoms with E-state index in [0.29, 0.717) is 0 Å². The van der Waals surface area contributed by atoms with Crippen molar-refractivity contribution in [1.29, 1.82) is 0 Å². The average Bonchev–Trinajstić information content (AvgIpc) is 2.26. The van der Waals surface area contributed by atoms with Crippen LogP contribution in [0.15, 0.2) is 0 Å². The van der Waals surface area contributed by atoms with Gasteiger partial charge >= 0.3 is 12.1 Å². The van der Waals surface area contributed by atoms with E-state index >= 15 is 0 Å². The van der Waals surface area contributed by atoms with E-state index in [1.165, 1.54) is 4.90 Å². The van der Waals surface area contributed by atoms with E-state index in [9.17, 15) is 14.7 Å². The molecule has 0 radical (unpaired) electrons. The van der Waals surface area contributed by atoms with Crippen LogP contribution in [0, 0.1) is 5.92 Å². The van der Waals surface area contributed by atoms with Crippen molar-refractivity contribution in [2.24, 2.45) is 5.92 Å². The fourth-order valence-corrected chi connectivity index (χ4v) is 3.05. The lowest BCUT2D eigenvalue weighted by molar-refractivity contribution is -0.152.